The summed E-state index contributed by atoms with van der Waals surface area (Å²) in [5.41, 5.74) is -0.989. The average Bonchev–Trinajstić information content (AvgIpc) is 3.12. The number of hydrogen-bond acceptors (Lipinski definition) is 4. The highest BCUT2D eigenvalue weighted by atomic mass is 35.5. The second kappa shape index (κ2) is 9.21. The first-order chi connectivity index (χ1) is 15.6. The van der Waals surface area contributed by atoms with Gasteiger partial charge in [0.25, 0.3) is 5.91 Å². The van der Waals surface area contributed by atoms with E-state index in [1.807, 2.05) is 0 Å². The third-order valence-electron chi connectivity index (χ3n) is 5.09. The normalized spacial score (nSPS) is 14.2. The number of nitrogens with zero attached hydrogens (tertiary/aromatic N) is 2. The minimum absolute atomic E-state index is 0.0450. The second-order valence-electron chi connectivity index (χ2n) is 7.04. The molecule has 0 unspecified atom stereocenters. The van der Waals surface area contributed by atoms with Crippen LogP contribution >= 0.6 is 46.8 Å². The average molecular weight is 540 g/mol. The number of amides is 1. The Morgan fingerprint density at radius 1 is 0.939 bits per heavy atom. The lowest BCUT2D eigenvalue weighted by atomic mass is 10.2. The number of nitrogens with one attached hydrogen (secondary N) is 1. The van der Waals surface area contributed by atoms with E-state index >= 15 is 0 Å². The molecule has 0 atom stereocenters. The molecule has 1 N–H and O–H groups in total. The fourth-order valence-corrected chi connectivity index (χ4v) is 5.39. The Kier molecular flexibility index (Phi) is 6.68. The maximum absolute atomic E-state index is 14.1. The lowest BCUT2D eigenvalue weighted by molar-refractivity contribution is 0.0977. The molecule has 2 heterocycles. The standard InChI is InChI=1S/C20H12Cl2F5N3OS2/c21-8-1-2-9-10(7-8)33-18(11(9)22)19(31)28-20(32)30-5-3-29(4-6-30)17-15(26)13(24)12(23)14(25)16(17)27/h1-2,7H,3-6H2,(H,28,31,32). The van der Waals surface area contributed by atoms with Gasteiger partial charge in [-0.15, -0.1) is 11.3 Å². The van der Waals surface area contributed by atoms with Gasteiger partial charge in [0.2, 0.25) is 5.82 Å². The molecule has 174 valence electrons. The summed E-state index contributed by atoms with van der Waals surface area (Å²) in [6.07, 6.45) is 0. The summed E-state index contributed by atoms with van der Waals surface area (Å²) in [7, 11) is 0. The van der Waals surface area contributed by atoms with Crippen LogP contribution in [0.2, 0.25) is 10.0 Å². The minimum Gasteiger partial charge on any atom is -0.363 e. The molecule has 0 spiro atoms. The number of thiocarbonyl (C=S) groups is 1. The number of rotatable bonds is 2. The van der Waals surface area contributed by atoms with E-state index in [2.05, 4.69) is 5.32 Å². The number of carbonyl (C=O) groups excluding carboxylic acids is 1. The largest absolute Gasteiger partial charge is 0.363 e. The topological polar surface area (TPSA) is 35.6 Å². The Morgan fingerprint density at radius 2 is 1.52 bits per heavy atom. The minimum atomic E-state index is -2.21. The van der Waals surface area contributed by atoms with E-state index < -0.39 is 40.7 Å². The lowest BCUT2D eigenvalue weighted by Crippen LogP contribution is -2.53. The summed E-state index contributed by atoms with van der Waals surface area (Å²) in [5, 5.41) is 4.02. The van der Waals surface area contributed by atoms with Crippen LogP contribution in [0.15, 0.2) is 18.2 Å². The Hall–Kier alpha value is -2.21. The van der Waals surface area contributed by atoms with Gasteiger partial charge in [0, 0.05) is 41.3 Å². The molecule has 13 heteroatoms. The fourth-order valence-electron chi connectivity index (χ4n) is 3.42. The molecular weight excluding hydrogens is 528 g/mol. The number of piperazine rings is 1. The Bertz CT molecular complexity index is 1270. The van der Waals surface area contributed by atoms with Gasteiger partial charge >= 0.3 is 0 Å². The van der Waals surface area contributed by atoms with Crippen molar-refractivity contribution in [3.05, 3.63) is 62.2 Å². The van der Waals surface area contributed by atoms with Gasteiger partial charge < -0.3 is 9.80 Å². The highest BCUT2D eigenvalue weighted by molar-refractivity contribution is 7.80. The van der Waals surface area contributed by atoms with Crippen molar-refractivity contribution in [1.29, 1.82) is 0 Å². The number of fused-ring (bicyclic) bond motifs is 1. The highest BCUT2D eigenvalue weighted by Gasteiger charge is 2.31. The van der Waals surface area contributed by atoms with Crippen LogP contribution in [-0.2, 0) is 0 Å². The third kappa shape index (κ3) is 4.34. The number of anilines is 1. The molecular formula is C20H12Cl2F5N3OS2. The van der Waals surface area contributed by atoms with Crippen molar-refractivity contribution in [2.75, 3.05) is 31.1 Å². The van der Waals surface area contributed by atoms with Crippen LogP contribution in [0.1, 0.15) is 9.67 Å². The smallest absolute Gasteiger partial charge is 0.269 e. The van der Waals surface area contributed by atoms with Crippen molar-refractivity contribution in [2.45, 2.75) is 0 Å². The van der Waals surface area contributed by atoms with Crippen molar-refractivity contribution in [3.63, 3.8) is 0 Å². The lowest BCUT2D eigenvalue weighted by Gasteiger charge is -2.37. The molecule has 1 saturated heterocycles. The van der Waals surface area contributed by atoms with Crippen LogP contribution in [0.5, 0.6) is 0 Å². The molecule has 4 rings (SSSR count). The van der Waals surface area contributed by atoms with E-state index in [1.54, 1.807) is 23.1 Å². The van der Waals surface area contributed by atoms with Crippen molar-refractivity contribution < 1.29 is 26.7 Å². The first-order valence-corrected chi connectivity index (χ1v) is 11.3. The van der Waals surface area contributed by atoms with Gasteiger partial charge in [0.05, 0.1) is 5.02 Å². The fraction of sp³-hybridized carbons (Fsp3) is 0.200. The van der Waals surface area contributed by atoms with Crippen LogP contribution < -0.4 is 10.2 Å². The molecule has 4 nitrogen and oxygen atoms in total. The Balaban J connectivity index is 1.45. The third-order valence-corrected chi connectivity index (χ3v) is 7.34. The molecule has 0 bridgehead atoms. The van der Waals surface area contributed by atoms with Gasteiger partial charge in [-0.25, -0.2) is 22.0 Å². The van der Waals surface area contributed by atoms with Crippen LogP contribution in [0, 0.1) is 29.1 Å². The molecule has 3 aromatic rings. The summed E-state index contributed by atoms with van der Waals surface area (Å²) < 4.78 is 69.2. The van der Waals surface area contributed by atoms with Gasteiger partial charge in [-0.1, -0.05) is 29.3 Å². The first-order valence-electron chi connectivity index (χ1n) is 9.34. The predicted molar refractivity (Wildman–Crippen MR) is 122 cm³/mol. The number of hydrogen-bond donors (Lipinski definition) is 1. The second-order valence-corrected chi connectivity index (χ2v) is 9.29. The number of carbonyl (C=O) groups is 1. The Labute approximate surface area is 203 Å². The summed E-state index contributed by atoms with van der Waals surface area (Å²) in [4.78, 5) is 15.5. The first kappa shape index (κ1) is 23.9. The zero-order valence-electron chi connectivity index (χ0n) is 16.3. The maximum Gasteiger partial charge on any atom is 0.269 e. The van der Waals surface area contributed by atoms with E-state index in [4.69, 9.17) is 35.4 Å². The van der Waals surface area contributed by atoms with Crippen molar-refractivity contribution >= 4 is 73.5 Å². The van der Waals surface area contributed by atoms with Gasteiger partial charge in [-0.2, -0.15) is 0 Å². The van der Waals surface area contributed by atoms with E-state index in [0.717, 1.165) is 20.9 Å². The molecule has 0 aliphatic carbocycles. The van der Waals surface area contributed by atoms with E-state index in [0.29, 0.717) is 10.4 Å². The summed E-state index contributed by atoms with van der Waals surface area (Å²) >= 11 is 18.7. The van der Waals surface area contributed by atoms with Crippen molar-refractivity contribution in [2.24, 2.45) is 0 Å². The Morgan fingerprint density at radius 3 is 2.12 bits per heavy atom. The van der Waals surface area contributed by atoms with E-state index in [9.17, 15) is 26.7 Å². The van der Waals surface area contributed by atoms with Gasteiger partial charge in [-0.05, 0) is 24.4 Å². The van der Waals surface area contributed by atoms with Crippen LogP contribution in [-0.4, -0.2) is 42.1 Å². The quantitative estimate of drug-likeness (QED) is 0.195. The highest BCUT2D eigenvalue weighted by Crippen LogP contribution is 2.36. The molecule has 1 amide bonds. The zero-order valence-corrected chi connectivity index (χ0v) is 19.5. The van der Waals surface area contributed by atoms with Crippen molar-refractivity contribution in [1.82, 2.24) is 10.2 Å². The molecule has 1 aliphatic rings. The van der Waals surface area contributed by atoms with Crippen LogP contribution in [0.3, 0.4) is 0 Å². The SMILES string of the molecule is O=C(NC(=S)N1CCN(c2c(F)c(F)c(F)c(F)c2F)CC1)c1sc2cc(Cl)ccc2c1Cl. The van der Waals surface area contributed by atoms with Crippen molar-refractivity contribution in [3.8, 4) is 0 Å². The predicted octanol–water partition coefficient (Wildman–Crippen LogP) is 5.74. The molecule has 0 saturated carbocycles. The molecule has 2 aromatic carbocycles. The van der Waals surface area contributed by atoms with Crippen LogP contribution in [0.4, 0.5) is 27.6 Å². The van der Waals surface area contributed by atoms with Gasteiger partial charge in [-0.3, -0.25) is 10.1 Å². The maximum atomic E-state index is 14.1. The molecule has 1 fully saturated rings. The summed E-state index contributed by atoms with van der Waals surface area (Å²) in [5.74, 6) is -10.5. The van der Waals surface area contributed by atoms with E-state index in [1.165, 1.54) is 0 Å². The zero-order chi connectivity index (χ0) is 24.0. The monoisotopic (exact) mass is 539 g/mol. The molecule has 1 aromatic heterocycles. The summed E-state index contributed by atoms with van der Waals surface area (Å²) in [6.45, 7) is -0.0181. The molecule has 33 heavy (non-hydrogen) atoms. The number of thiophene rings is 1. The molecule has 1 aliphatic heterocycles. The van der Waals surface area contributed by atoms with Crippen LogP contribution in [0.25, 0.3) is 10.1 Å². The van der Waals surface area contributed by atoms with Gasteiger partial charge in [0.15, 0.2) is 28.4 Å². The molecule has 0 radical (unpaired) electrons. The van der Waals surface area contributed by atoms with Gasteiger partial charge in [0.1, 0.15) is 10.6 Å². The number of benzene rings is 2. The van der Waals surface area contributed by atoms with E-state index in [-0.39, 0.29) is 41.2 Å². The number of halogens is 7. The summed E-state index contributed by atoms with van der Waals surface area (Å²) in [6, 6.07) is 5.03.